The second kappa shape index (κ2) is 11.3. The topological polar surface area (TPSA) is 66.4 Å². The molecule has 2 fully saturated rings. The second-order valence-corrected chi connectivity index (χ2v) is 11.7. The van der Waals surface area contributed by atoms with Crippen molar-refractivity contribution in [3.8, 4) is 22.8 Å². The smallest absolute Gasteiger partial charge is 0.184 e. The van der Waals surface area contributed by atoms with E-state index in [4.69, 9.17) is 14.7 Å². The largest absolute Gasteiger partial charge is 0.457 e. The van der Waals surface area contributed by atoms with Crippen molar-refractivity contribution >= 4 is 32.5 Å². The number of ether oxygens (including phenoxy) is 1. The summed E-state index contributed by atoms with van der Waals surface area (Å²) in [6.45, 7) is 6.44. The van der Waals surface area contributed by atoms with E-state index in [1.807, 2.05) is 30.5 Å². The number of rotatable bonds is 7. The first-order valence-corrected chi connectivity index (χ1v) is 14.6. The summed E-state index contributed by atoms with van der Waals surface area (Å²) in [4.78, 5) is 18.8. The number of pyridine rings is 2. The lowest BCUT2D eigenvalue weighted by atomic mass is 9.85. The predicted molar refractivity (Wildman–Crippen MR) is 157 cm³/mol. The summed E-state index contributed by atoms with van der Waals surface area (Å²) in [6, 6.07) is 14.6. The lowest BCUT2D eigenvalue weighted by Gasteiger charge is -2.33. The predicted octanol–water partition coefficient (Wildman–Crippen LogP) is 6.68. The molecule has 4 aromatic rings. The van der Waals surface area contributed by atoms with E-state index in [-0.39, 0.29) is 0 Å². The van der Waals surface area contributed by atoms with E-state index in [9.17, 15) is 0 Å². The van der Waals surface area contributed by atoms with E-state index in [1.165, 1.54) is 32.1 Å². The van der Waals surface area contributed by atoms with Crippen molar-refractivity contribution in [3.63, 3.8) is 0 Å². The summed E-state index contributed by atoms with van der Waals surface area (Å²) in [7, 11) is 2.16. The highest BCUT2D eigenvalue weighted by molar-refractivity contribution is 7.22. The van der Waals surface area contributed by atoms with Crippen LogP contribution in [0.4, 0.5) is 10.9 Å². The monoisotopic (exact) mass is 528 g/mol. The molecular formula is C30H36N6OS. The van der Waals surface area contributed by atoms with Crippen LogP contribution < -0.4 is 15.0 Å². The Morgan fingerprint density at radius 2 is 1.76 bits per heavy atom. The van der Waals surface area contributed by atoms with Gasteiger partial charge in [-0.25, -0.2) is 9.97 Å². The lowest BCUT2D eigenvalue weighted by Crippen LogP contribution is -2.44. The van der Waals surface area contributed by atoms with E-state index < -0.39 is 0 Å². The van der Waals surface area contributed by atoms with Gasteiger partial charge in [0.15, 0.2) is 5.13 Å². The molecule has 1 aliphatic heterocycles. The van der Waals surface area contributed by atoms with Gasteiger partial charge in [0.1, 0.15) is 17.3 Å². The maximum atomic E-state index is 6.25. The van der Waals surface area contributed by atoms with Crippen LogP contribution in [0.5, 0.6) is 11.5 Å². The quantitative estimate of drug-likeness (QED) is 0.287. The highest BCUT2D eigenvalue weighted by Gasteiger charge is 2.21. The van der Waals surface area contributed by atoms with Crippen LogP contribution in [-0.2, 0) is 0 Å². The molecule has 1 atom stereocenters. The van der Waals surface area contributed by atoms with Crippen molar-refractivity contribution in [1.82, 2.24) is 19.9 Å². The molecule has 38 heavy (non-hydrogen) atoms. The summed E-state index contributed by atoms with van der Waals surface area (Å²) < 4.78 is 7.37. The molecule has 3 aromatic heterocycles. The number of nitrogens with one attached hydrogen (secondary N) is 1. The van der Waals surface area contributed by atoms with Gasteiger partial charge in [0.2, 0.25) is 0 Å². The molecule has 7 nitrogen and oxygen atoms in total. The maximum Gasteiger partial charge on any atom is 0.184 e. The normalized spacial score (nSPS) is 18.0. The Morgan fingerprint density at radius 1 is 0.947 bits per heavy atom. The Hall–Kier alpha value is -3.23. The molecule has 8 heteroatoms. The average Bonchev–Trinajstić information content (AvgIpc) is 3.36. The molecule has 1 unspecified atom stereocenters. The number of benzene rings is 1. The van der Waals surface area contributed by atoms with Gasteiger partial charge in [-0.3, -0.25) is 4.98 Å². The summed E-state index contributed by atoms with van der Waals surface area (Å²) >= 11 is 1.70. The first-order valence-electron chi connectivity index (χ1n) is 13.8. The fraction of sp³-hybridized carbons (Fsp3) is 0.433. The molecule has 6 rings (SSSR count). The number of fused-ring (bicyclic) bond motifs is 1. The Labute approximate surface area is 228 Å². The summed E-state index contributed by atoms with van der Waals surface area (Å²) in [5.41, 5.74) is 2.83. The Kier molecular flexibility index (Phi) is 7.42. The van der Waals surface area contributed by atoms with Crippen molar-refractivity contribution in [3.05, 3.63) is 54.9 Å². The number of likely N-dealkylation sites (N-methyl/N-ethyl adjacent to an activating group) is 1. The minimum atomic E-state index is 0.451. The van der Waals surface area contributed by atoms with Gasteiger partial charge in [0, 0.05) is 62.3 Å². The van der Waals surface area contributed by atoms with Crippen molar-refractivity contribution in [2.24, 2.45) is 5.92 Å². The van der Waals surface area contributed by atoms with Gasteiger partial charge in [-0.05, 0) is 63.1 Å². The zero-order valence-electron chi connectivity index (χ0n) is 22.3. The summed E-state index contributed by atoms with van der Waals surface area (Å²) in [6.07, 6.45) is 10.4. The molecule has 1 saturated carbocycles. The van der Waals surface area contributed by atoms with Gasteiger partial charge >= 0.3 is 0 Å². The van der Waals surface area contributed by atoms with Gasteiger partial charge in [-0.15, -0.1) is 0 Å². The molecule has 198 valence electrons. The molecule has 1 aromatic carbocycles. The van der Waals surface area contributed by atoms with Crippen LogP contribution >= 0.6 is 11.3 Å². The van der Waals surface area contributed by atoms with Gasteiger partial charge < -0.3 is 19.9 Å². The molecule has 4 heterocycles. The molecule has 1 aliphatic carbocycles. The number of anilines is 2. The molecule has 1 saturated heterocycles. The first-order chi connectivity index (χ1) is 18.6. The summed E-state index contributed by atoms with van der Waals surface area (Å²) in [5.74, 6) is 3.32. The van der Waals surface area contributed by atoms with Crippen LogP contribution in [0, 0.1) is 5.92 Å². The fourth-order valence-corrected chi connectivity index (χ4v) is 6.50. The van der Waals surface area contributed by atoms with Crippen LogP contribution in [-0.4, -0.2) is 59.1 Å². The molecule has 0 bridgehead atoms. The van der Waals surface area contributed by atoms with E-state index >= 15 is 0 Å². The highest BCUT2D eigenvalue weighted by Crippen LogP contribution is 2.34. The standard InChI is InChI=1S/C30H36N6OS/c1-21(22-6-4-3-5-7-22)33-30-34-26-10-9-24(19-28(26)38-30)37-25-12-13-31-27(18-25)23-8-11-29(32-20-23)36-16-14-35(2)15-17-36/h8-13,18-22H,3-7,14-17H2,1-2H3,(H,33,34). The van der Waals surface area contributed by atoms with Crippen molar-refractivity contribution in [2.45, 2.75) is 45.1 Å². The lowest BCUT2D eigenvalue weighted by molar-refractivity contribution is 0.312. The Balaban J connectivity index is 1.13. The second-order valence-electron chi connectivity index (χ2n) is 10.7. The number of aromatic nitrogens is 3. The van der Waals surface area contributed by atoms with Crippen molar-refractivity contribution < 1.29 is 4.74 Å². The number of nitrogens with zero attached hydrogens (tertiary/aromatic N) is 5. The van der Waals surface area contributed by atoms with E-state index in [0.29, 0.717) is 6.04 Å². The molecule has 0 radical (unpaired) electrons. The van der Waals surface area contributed by atoms with Crippen molar-refractivity contribution in [2.75, 3.05) is 43.4 Å². The first kappa shape index (κ1) is 25.1. The van der Waals surface area contributed by atoms with Gasteiger partial charge in [-0.1, -0.05) is 30.6 Å². The molecular weight excluding hydrogens is 492 g/mol. The minimum absolute atomic E-state index is 0.451. The Bertz CT molecular complexity index is 1360. The molecule has 1 N–H and O–H groups in total. The fourth-order valence-electron chi connectivity index (χ4n) is 5.51. The highest BCUT2D eigenvalue weighted by atomic mass is 32.1. The molecule has 0 amide bonds. The number of thiazole rings is 1. The van der Waals surface area contributed by atoms with Crippen LogP contribution in [0.1, 0.15) is 39.0 Å². The minimum Gasteiger partial charge on any atom is -0.457 e. The van der Waals surface area contributed by atoms with Gasteiger partial charge in [-0.2, -0.15) is 0 Å². The van der Waals surface area contributed by atoms with Crippen molar-refractivity contribution in [1.29, 1.82) is 0 Å². The zero-order chi connectivity index (χ0) is 25.9. The molecule has 2 aliphatic rings. The third-order valence-electron chi connectivity index (χ3n) is 7.91. The van der Waals surface area contributed by atoms with Gasteiger partial charge in [0.05, 0.1) is 15.9 Å². The third-order valence-corrected chi connectivity index (χ3v) is 8.86. The average molecular weight is 529 g/mol. The third kappa shape index (κ3) is 5.76. The van der Waals surface area contributed by atoms with Gasteiger partial charge in [0.25, 0.3) is 0 Å². The van der Waals surface area contributed by atoms with Crippen LogP contribution in [0.25, 0.3) is 21.5 Å². The van der Waals surface area contributed by atoms with E-state index in [2.05, 4.69) is 52.3 Å². The van der Waals surface area contributed by atoms with E-state index in [0.717, 1.165) is 76.0 Å². The maximum absolute atomic E-state index is 6.25. The zero-order valence-corrected chi connectivity index (χ0v) is 23.1. The molecule has 0 spiro atoms. The van der Waals surface area contributed by atoms with Crippen LogP contribution in [0.2, 0.25) is 0 Å². The van der Waals surface area contributed by atoms with E-state index in [1.54, 1.807) is 17.5 Å². The van der Waals surface area contributed by atoms with Crippen LogP contribution in [0.3, 0.4) is 0 Å². The summed E-state index contributed by atoms with van der Waals surface area (Å²) in [5, 5.41) is 4.66. The van der Waals surface area contributed by atoms with Crippen LogP contribution in [0.15, 0.2) is 54.9 Å². The number of hydrogen-bond donors (Lipinski definition) is 1. The number of piperazine rings is 1. The SMILES string of the molecule is CC(Nc1nc2ccc(Oc3ccnc(-c4ccc(N5CCN(C)CC5)nc4)c3)cc2s1)C1CCCCC1. The Morgan fingerprint density at radius 3 is 2.55 bits per heavy atom. The number of hydrogen-bond acceptors (Lipinski definition) is 8.